The molecule has 1 rings (SSSR count). The fraction of sp³-hybridized carbons (Fsp3) is 0.562. The van der Waals surface area contributed by atoms with E-state index < -0.39 is 6.10 Å². The molecule has 0 aliphatic carbocycles. The molecule has 1 unspecified atom stereocenters. The second-order valence-electron chi connectivity index (χ2n) is 5.01. The highest BCUT2D eigenvalue weighted by molar-refractivity contribution is 5.80. The Bertz CT molecular complexity index is 437. The van der Waals surface area contributed by atoms with Gasteiger partial charge in [0, 0.05) is 12.6 Å². The summed E-state index contributed by atoms with van der Waals surface area (Å²) in [6, 6.07) is 7.88. The van der Waals surface area contributed by atoms with E-state index in [1.807, 2.05) is 38.1 Å². The summed E-state index contributed by atoms with van der Waals surface area (Å²) in [6.07, 6.45) is -0.481. The zero-order valence-corrected chi connectivity index (χ0v) is 13.3. The van der Waals surface area contributed by atoms with Crippen LogP contribution in [0.3, 0.4) is 0 Å². The second kappa shape index (κ2) is 9.37. The monoisotopic (exact) mass is 294 g/mol. The third-order valence-corrected chi connectivity index (χ3v) is 3.14. The van der Waals surface area contributed by atoms with Gasteiger partial charge >= 0.3 is 0 Å². The molecule has 0 saturated carbocycles. The van der Waals surface area contributed by atoms with Gasteiger partial charge in [0.25, 0.3) is 0 Å². The van der Waals surface area contributed by atoms with Crippen LogP contribution in [-0.2, 0) is 16.1 Å². The number of carbonyl (C=O) groups is 1. The highest BCUT2D eigenvalue weighted by Crippen LogP contribution is 2.13. The molecular formula is C16H26N2O3. The van der Waals surface area contributed by atoms with Gasteiger partial charge in [0.2, 0.25) is 5.91 Å². The molecule has 0 spiro atoms. The van der Waals surface area contributed by atoms with Crippen LogP contribution in [0.25, 0.3) is 0 Å². The Morgan fingerprint density at radius 2 is 2.10 bits per heavy atom. The Balaban J connectivity index is 2.35. The molecule has 0 fully saturated rings. The Morgan fingerprint density at radius 3 is 2.76 bits per heavy atom. The molecule has 21 heavy (non-hydrogen) atoms. The number of hydrogen-bond donors (Lipinski definition) is 2. The number of amides is 1. The van der Waals surface area contributed by atoms with E-state index in [4.69, 9.17) is 9.47 Å². The molecule has 5 nitrogen and oxygen atoms in total. The number of methoxy groups -OCH3 is 1. The van der Waals surface area contributed by atoms with Crippen molar-refractivity contribution in [3.05, 3.63) is 29.8 Å². The van der Waals surface area contributed by atoms with Crippen molar-refractivity contribution in [2.45, 2.75) is 39.5 Å². The van der Waals surface area contributed by atoms with Gasteiger partial charge in [-0.25, -0.2) is 0 Å². The molecule has 0 radical (unpaired) electrons. The van der Waals surface area contributed by atoms with E-state index in [1.165, 1.54) is 0 Å². The molecule has 0 aliphatic heterocycles. The third-order valence-electron chi connectivity index (χ3n) is 3.14. The molecule has 2 N–H and O–H groups in total. The molecule has 0 bridgehead atoms. The Morgan fingerprint density at radius 1 is 1.33 bits per heavy atom. The van der Waals surface area contributed by atoms with Crippen LogP contribution < -0.4 is 15.4 Å². The van der Waals surface area contributed by atoms with Crippen molar-refractivity contribution in [1.29, 1.82) is 0 Å². The predicted molar refractivity (Wildman–Crippen MR) is 83.4 cm³/mol. The number of nitrogens with one attached hydrogen (secondary N) is 2. The van der Waals surface area contributed by atoms with Gasteiger partial charge < -0.3 is 20.1 Å². The minimum absolute atomic E-state index is 0.0948. The lowest BCUT2D eigenvalue weighted by molar-refractivity contribution is -0.132. The van der Waals surface area contributed by atoms with Gasteiger partial charge in [-0.1, -0.05) is 19.1 Å². The quantitative estimate of drug-likeness (QED) is 0.728. The molecule has 0 heterocycles. The summed E-state index contributed by atoms with van der Waals surface area (Å²) in [7, 11) is 1.63. The Labute approximate surface area is 127 Å². The first-order chi connectivity index (χ1) is 10.1. The Hall–Kier alpha value is -1.59. The van der Waals surface area contributed by atoms with E-state index in [0.29, 0.717) is 13.2 Å². The minimum atomic E-state index is -0.481. The summed E-state index contributed by atoms with van der Waals surface area (Å²) in [5.74, 6) is 0.690. The SMILES string of the molecule is CCN[C@H](C)CNC(=O)C(C)OCc1cccc(OC)c1. The van der Waals surface area contributed by atoms with Crippen molar-refractivity contribution >= 4 is 5.91 Å². The van der Waals surface area contributed by atoms with Crippen molar-refractivity contribution < 1.29 is 14.3 Å². The van der Waals surface area contributed by atoms with Crippen molar-refractivity contribution in [3.8, 4) is 5.75 Å². The third kappa shape index (κ3) is 6.60. The molecule has 1 aromatic carbocycles. The maximum Gasteiger partial charge on any atom is 0.248 e. The standard InChI is InChI=1S/C16H26N2O3/c1-5-17-12(2)10-18-16(19)13(3)21-11-14-7-6-8-15(9-14)20-4/h6-9,12-13,17H,5,10-11H2,1-4H3,(H,18,19)/t12-,13?/m1/s1. The van der Waals surface area contributed by atoms with E-state index in [2.05, 4.69) is 10.6 Å². The summed E-state index contributed by atoms with van der Waals surface area (Å²) in [4.78, 5) is 11.9. The second-order valence-corrected chi connectivity index (χ2v) is 5.01. The van der Waals surface area contributed by atoms with E-state index in [-0.39, 0.29) is 11.9 Å². The fourth-order valence-corrected chi connectivity index (χ4v) is 1.88. The van der Waals surface area contributed by atoms with Crippen molar-refractivity contribution in [2.75, 3.05) is 20.2 Å². The molecule has 0 aliphatic rings. The summed E-state index contributed by atoms with van der Waals surface area (Å²) < 4.78 is 10.7. The molecule has 1 aromatic rings. The highest BCUT2D eigenvalue weighted by Gasteiger charge is 2.14. The summed E-state index contributed by atoms with van der Waals surface area (Å²) >= 11 is 0. The first kappa shape index (κ1) is 17.5. The van der Waals surface area contributed by atoms with Crippen LogP contribution in [-0.4, -0.2) is 38.3 Å². The first-order valence-corrected chi connectivity index (χ1v) is 7.32. The zero-order chi connectivity index (χ0) is 15.7. The Kier molecular flexibility index (Phi) is 7.79. The number of rotatable bonds is 9. The van der Waals surface area contributed by atoms with Crippen LogP contribution >= 0.6 is 0 Å². The fourth-order valence-electron chi connectivity index (χ4n) is 1.88. The predicted octanol–water partition coefficient (Wildman–Crippen LogP) is 1.71. The van der Waals surface area contributed by atoms with Crippen molar-refractivity contribution in [2.24, 2.45) is 0 Å². The van der Waals surface area contributed by atoms with Crippen molar-refractivity contribution in [1.82, 2.24) is 10.6 Å². The van der Waals surface area contributed by atoms with Crippen LogP contribution in [0.1, 0.15) is 26.3 Å². The summed E-state index contributed by atoms with van der Waals surface area (Å²) in [5.41, 5.74) is 0.981. The van der Waals surface area contributed by atoms with E-state index >= 15 is 0 Å². The zero-order valence-electron chi connectivity index (χ0n) is 13.3. The number of carbonyl (C=O) groups excluding carboxylic acids is 1. The lowest BCUT2D eigenvalue weighted by Crippen LogP contribution is -2.42. The van der Waals surface area contributed by atoms with Crippen LogP contribution in [0, 0.1) is 0 Å². The van der Waals surface area contributed by atoms with Gasteiger partial charge in [-0.05, 0) is 38.1 Å². The number of benzene rings is 1. The van der Waals surface area contributed by atoms with E-state index in [0.717, 1.165) is 17.9 Å². The minimum Gasteiger partial charge on any atom is -0.497 e. The molecule has 1 amide bonds. The maximum absolute atomic E-state index is 11.9. The molecule has 2 atom stereocenters. The number of hydrogen-bond acceptors (Lipinski definition) is 4. The lowest BCUT2D eigenvalue weighted by atomic mass is 10.2. The van der Waals surface area contributed by atoms with Gasteiger partial charge in [-0.3, -0.25) is 4.79 Å². The average molecular weight is 294 g/mol. The average Bonchev–Trinajstić information content (AvgIpc) is 2.50. The van der Waals surface area contributed by atoms with Crippen LogP contribution in [0.2, 0.25) is 0 Å². The largest absolute Gasteiger partial charge is 0.497 e. The summed E-state index contributed by atoms with van der Waals surface area (Å²) in [6.45, 7) is 7.70. The molecular weight excluding hydrogens is 268 g/mol. The smallest absolute Gasteiger partial charge is 0.248 e. The topological polar surface area (TPSA) is 59.6 Å². The molecule has 5 heteroatoms. The van der Waals surface area contributed by atoms with Crippen molar-refractivity contribution in [3.63, 3.8) is 0 Å². The van der Waals surface area contributed by atoms with E-state index in [1.54, 1.807) is 14.0 Å². The van der Waals surface area contributed by atoms with Crippen LogP contribution in [0.15, 0.2) is 24.3 Å². The molecule has 0 saturated heterocycles. The van der Waals surface area contributed by atoms with Gasteiger partial charge in [0.15, 0.2) is 0 Å². The van der Waals surface area contributed by atoms with Gasteiger partial charge in [0.1, 0.15) is 11.9 Å². The van der Waals surface area contributed by atoms with Gasteiger partial charge in [-0.2, -0.15) is 0 Å². The van der Waals surface area contributed by atoms with Gasteiger partial charge in [0.05, 0.1) is 13.7 Å². The maximum atomic E-state index is 11.9. The van der Waals surface area contributed by atoms with E-state index in [9.17, 15) is 4.79 Å². The normalized spacial score (nSPS) is 13.5. The lowest BCUT2D eigenvalue weighted by Gasteiger charge is -2.17. The number of ether oxygens (including phenoxy) is 2. The van der Waals surface area contributed by atoms with Gasteiger partial charge in [-0.15, -0.1) is 0 Å². The number of likely N-dealkylation sites (N-methyl/N-ethyl adjacent to an activating group) is 1. The molecule has 0 aromatic heterocycles. The van der Waals surface area contributed by atoms with Crippen LogP contribution in [0.5, 0.6) is 5.75 Å². The first-order valence-electron chi connectivity index (χ1n) is 7.32. The summed E-state index contributed by atoms with van der Waals surface area (Å²) in [5, 5.41) is 6.12. The molecule has 118 valence electrons. The van der Waals surface area contributed by atoms with Crippen LogP contribution in [0.4, 0.5) is 0 Å². The highest BCUT2D eigenvalue weighted by atomic mass is 16.5.